The molecule has 0 radical (unpaired) electrons. The molecule has 2 fully saturated rings. The second-order valence-corrected chi connectivity index (χ2v) is 6.21. The van der Waals surface area contributed by atoms with Crippen LogP contribution in [0.15, 0.2) is 22.7 Å². The number of hydrogen-bond acceptors (Lipinski definition) is 2. The predicted molar refractivity (Wildman–Crippen MR) is 74.5 cm³/mol. The van der Waals surface area contributed by atoms with Gasteiger partial charge >= 0.3 is 0 Å². The first-order chi connectivity index (χ1) is 9.15. The molecule has 2 saturated heterocycles. The van der Waals surface area contributed by atoms with Crippen molar-refractivity contribution >= 4 is 21.8 Å². The second-order valence-electron chi connectivity index (χ2n) is 5.30. The Morgan fingerprint density at radius 3 is 3.00 bits per heavy atom. The second kappa shape index (κ2) is 5.21. The third-order valence-electron chi connectivity index (χ3n) is 4.05. The van der Waals surface area contributed by atoms with E-state index < -0.39 is 5.82 Å². The van der Waals surface area contributed by atoms with E-state index in [1.807, 2.05) is 0 Å². The Labute approximate surface area is 120 Å². The van der Waals surface area contributed by atoms with Crippen molar-refractivity contribution in [1.82, 2.24) is 10.2 Å². The molecule has 0 unspecified atom stereocenters. The van der Waals surface area contributed by atoms with E-state index in [0.29, 0.717) is 23.0 Å². The van der Waals surface area contributed by atoms with E-state index in [1.165, 1.54) is 6.07 Å². The van der Waals surface area contributed by atoms with E-state index in [2.05, 4.69) is 21.2 Å². The number of halogens is 2. The van der Waals surface area contributed by atoms with E-state index in [0.717, 1.165) is 25.9 Å². The van der Waals surface area contributed by atoms with Crippen molar-refractivity contribution in [3.05, 3.63) is 34.1 Å². The smallest absolute Gasteiger partial charge is 0.256 e. The number of nitrogens with one attached hydrogen (secondary N) is 1. The molecule has 2 heterocycles. The summed E-state index contributed by atoms with van der Waals surface area (Å²) in [7, 11) is 0. The van der Waals surface area contributed by atoms with Gasteiger partial charge in [-0.3, -0.25) is 4.79 Å². The summed E-state index contributed by atoms with van der Waals surface area (Å²) in [6, 6.07) is 4.99. The fourth-order valence-electron chi connectivity index (χ4n) is 3.05. The van der Waals surface area contributed by atoms with Gasteiger partial charge in [-0.1, -0.05) is 15.9 Å². The molecule has 1 amide bonds. The number of hydrogen-bond donors (Lipinski definition) is 1. The first-order valence-electron chi connectivity index (χ1n) is 6.63. The van der Waals surface area contributed by atoms with Gasteiger partial charge in [0.25, 0.3) is 5.91 Å². The van der Waals surface area contributed by atoms with Crippen molar-refractivity contribution in [2.45, 2.75) is 18.9 Å². The van der Waals surface area contributed by atoms with Gasteiger partial charge in [0.05, 0.1) is 5.56 Å². The van der Waals surface area contributed by atoms with Crippen molar-refractivity contribution in [2.75, 3.05) is 19.6 Å². The first-order valence-corrected chi connectivity index (χ1v) is 7.42. The summed E-state index contributed by atoms with van der Waals surface area (Å²) in [5, 5.41) is 3.45. The normalized spacial score (nSPS) is 26.3. The zero-order valence-corrected chi connectivity index (χ0v) is 12.1. The van der Waals surface area contributed by atoms with Crippen LogP contribution in [0.1, 0.15) is 23.2 Å². The Balaban J connectivity index is 1.77. The SMILES string of the molecule is O=C(c1ccc(Br)cc1F)N1C[C@@H]2CCCN[C@@H]2C1. The van der Waals surface area contributed by atoms with Crippen molar-refractivity contribution in [3.8, 4) is 0 Å². The Bertz CT molecular complexity index is 494. The third-order valence-corrected chi connectivity index (χ3v) is 4.54. The largest absolute Gasteiger partial charge is 0.337 e. The molecule has 2 aliphatic heterocycles. The maximum atomic E-state index is 13.8. The summed E-state index contributed by atoms with van der Waals surface area (Å²) in [5.41, 5.74) is 0.168. The molecule has 19 heavy (non-hydrogen) atoms. The van der Waals surface area contributed by atoms with Crippen LogP contribution in [0, 0.1) is 11.7 Å². The van der Waals surface area contributed by atoms with Crippen LogP contribution in [-0.4, -0.2) is 36.5 Å². The molecule has 0 bridgehead atoms. The molecule has 0 saturated carbocycles. The molecule has 5 heteroatoms. The minimum Gasteiger partial charge on any atom is -0.337 e. The van der Waals surface area contributed by atoms with E-state index in [-0.39, 0.29) is 11.5 Å². The number of likely N-dealkylation sites (tertiary alicyclic amines) is 1. The lowest BCUT2D eigenvalue weighted by Crippen LogP contribution is -2.41. The highest BCUT2D eigenvalue weighted by molar-refractivity contribution is 9.10. The van der Waals surface area contributed by atoms with Crippen LogP contribution in [0.2, 0.25) is 0 Å². The van der Waals surface area contributed by atoms with Gasteiger partial charge in [0.2, 0.25) is 0 Å². The van der Waals surface area contributed by atoms with Gasteiger partial charge in [0.1, 0.15) is 5.82 Å². The summed E-state index contributed by atoms with van der Waals surface area (Å²) < 4.78 is 14.5. The van der Waals surface area contributed by atoms with Crippen LogP contribution in [0.5, 0.6) is 0 Å². The molecule has 0 aromatic heterocycles. The van der Waals surface area contributed by atoms with Crippen molar-refractivity contribution in [2.24, 2.45) is 5.92 Å². The topological polar surface area (TPSA) is 32.3 Å². The lowest BCUT2D eigenvalue weighted by molar-refractivity contribution is 0.0781. The number of piperidine rings is 1. The molecule has 0 aliphatic carbocycles. The van der Waals surface area contributed by atoms with Crippen LogP contribution in [-0.2, 0) is 0 Å². The van der Waals surface area contributed by atoms with Crippen LogP contribution >= 0.6 is 15.9 Å². The zero-order chi connectivity index (χ0) is 13.4. The van der Waals surface area contributed by atoms with E-state index in [4.69, 9.17) is 0 Å². The third kappa shape index (κ3) is 2.54. The molecule has 2 aliphatic rings. The Morgan fingerprint density at radius 2 is 2.26 bits per heavy atom. The number of nitrogens with zero attached hydrogens (tertiary/aromatic N) is 1. The standard InChI is InChI=1S/C14H16BrFN2O/c15-10-3-4-11(12(16)6-10)14(19)18-7-9-2-1-5-17-13(9)8-18/h3-4,6,9,13,17H,1-2,5,7-8H2/t9-,13+/m0/s1. The number of benzene rings is 1. The Hall–Kier alpha value is -0.940. The fraction of sp³-hybridized carbons (Fsp3) is 0.500. The van der Waals surface area contributed by atoms with Gasteiger partial charge in [-0.25, -0.2) is 4.39 Å². The van der Waals surface area contributed by atoms with Crippen molar-refractivity contribution in [1.29, 1.82) is 0 Å². The summed E-state index contributed by atoms with van der Waals surface area (Å²) in [6.45, 7) is 2.46. The fourth-order valence-corrected chi connectivity index (χ4v) is 3.38. The molecule has 102 valence electrons. The number of carbonyl (C=O) groups is 1. The Morgan fingerprint density at radius 1 is 1.42 bits per heavy atom. The summed E-state index contributed by atoms with van der Waals surface area (Å²) in [4.78, 5) is 14.1. The van der Waals surface area contributed by atoms with Crippen LogP contribution < -0.4 is 5.32 Å². The van der Waals surface area contributed by atoms with Crippen LogP contribution in [0.3, 0.4) is 0 Å². The highest BCUT2D eigenvalue weighted by Crippen LogP contribution is 2.27. The van der Waals surface area contributed by atoms with Crippen molar-refractivity contribution in [3.63, 3.8) is 0 Å². The highest BCUT2D eigenvalue weighted by atomic mass is 79.9. The summed E-state index contributed by atoms with van der Waals surface area (Å²) >= 11 is 3.20. The zero-order valence-electron chi connectivity index (χ0n) is 10.5. The summed E-state index contributed by atoms with van der Waals surface area (Å²) in [5.74, 6) is -0.125. The number of amides is 1. The maximum absolute atomic E-state index is 13.8. The monoisotopic (exact) mass is 326 g/mol. The summed E-state index contributed by atoms with van der Waals surface area (Å²) in [6.07, 6.45) is 2.32. The molecule has 1 aromatic carbocycles. The molecular weight excluding hydrogens is 311 g/mol. The van der Waals surface area contributed by atoms with E-state index in [9.17, 15) is 9.18 Å². The van der Waals surface area contributed by atoms with Gasteiger partial charge in [0.15, 0.2) is 0 Å². The number of rotatable bonds is 1. The maximum Gasteiger partial charge on any atom is 0.256 e. The lowest BCUT2D eigenvalue weighted by atomic mass is 9.94. The number of fused-ring (bicyclic) bond motifs is 1. The molecular formula is C14H16BrFN2O. The average Bonchev–Trinajstić information content (AvgIpc) is 2.81. The molecule has 0 spiro atoms. The van der Waals surface area contributed by atoms with Crippen LogP contribution in [0.4, 0.5) is 4.39 Å². The minimum absolute atomic E-state index is 0.168. The van der Waals surface area contributed by atoms with Gasteiger partial charge < -0.3 is 10.2 Å². The number of carbonyl (C=O) groups excluding carboxylic acids is 1. The van der Waals surface area contributed by atoms with Gasteiger partial charge in [-0.15, -0.1) is 0 Å². The molecule has 1 N–H and O–H groups in total. The van der Waals surface area contributed by atoms with Gasteiger partial charge in [0, 0.05) is 23.6 Å². The minimum atomic E-state index is -0.456. The van der Waals surface area contributed by atoms with Crippen LogP contribution in [0.25, 0.3) is 0 Å². The van der Waals surface area contributed by atoms with Gasteiger partial charge in [-0.2, -0.15) is 0 Å². The molecule has 3 nitrogen and oxygen atoms in total. The van der Waals surface area contributed by atoms with Crippen molar-refractivity contribution < 1.29 is 9.18 Å². The molecule has 2 atom stereocenters. The average molecular weight is 327 g/mol. The van der Waals surface area contributed by atoms with Gasteiger partial charge in [-0.05, 0) is 43.5 Å². The predicted octanol–water partition coefficient (Wildman–Crippen LogP) is 2.41. The lowest BCUT2D eigenvalue weighted by Gasteiger charge is -2.24. The van der Waals surface area contributed by atoms with E-state index in [1.54, 1.807) is 17.0 Å². The molecule has 3 rings (SSSR count). The Kier molecular flexibility index (Phi) is 3.58. The van der Waals surface area contributed by atoms with E-state index >= 15 is 0 Å². The quantitative estimate of drug-likeness (QED) is 0.859. The molecule has 1 aromatic rings. The first kappa shape index (κ1) is 13.1. The highest BCUT2D eigenvalue weighted by Gasteiger charge is 2.37.